The molecule has 0 radical (unpaired) electrons. The fraction of sp³-hybridized carbons (Fsp3) is 0.0714. The summed E-state index contributed by atoms with van der Waals surface area (Å²) in [6.07, 6.45) is 1.61. The van der Waals surface area contributed by atoms with Crippen molar-refractivity contribution >= 4 is 27.8 Å². The molecule has 0 amide bonds. The van der Waals surface area contributed by atoms with Gasteiger partial charge in [-0.15, -0.1) is 0 Å². The van der Waals surface area contributed by atoms with Gasteiger partial charge in [0.15, 0.2) is 5.76 Å². The highest BCUT2D eigenvalue weighted by Gasteiger charge is 2.27. The van der Waals surface area contributed by atoms with Crippen molar-refractivity contribution in [3.8, 4) is 5.75 Å². The third kappa shape index (κ3) is 1.88. The Labute approximate surface area is 112 Å². The van der Waals surface area contributed by atoms with Crippen LogP contribution in [0.1, 0.15) is 21.9 Å². The Morgan fingerprint density at radius 2 is 2.06 bits per heavy atom. The van der Waals surface area contributed by atoms with Crippen molar-refractivity contribution in [2.45, 2.75) is 6.92 Å². The molecule has 3 nitrogen and oxygen atoms in total. The lowest BCUT2D eigenvalue weighted by Gasteiger charge is -1.96. The molecule has 0 atom stereocenters. The molecule has 1 aromatic carbocycles. The summed E-state index contributed by atoms with van der Waals surface area (Å²) in [7, 11) is 0. The quantitative estimate of drug-likeness (QED) is 0.748. The average molecular weight is 305 g/mol. The number of carbonyl (C=O) groups excluding carboxylic acids is 1. The molecule has 0 saturated heterocycles. The van der Waals surface area contributed by atoms with Gasteiger partial charge < -0.3 is 9.15 Å². The molecule has 0 aliphatic carbocycles. The van der Waals surface area contributed by atoms with Gasteiger partial charge in [0.05, 0.1) is 5.56 Å². The van der Waals surface area contributed by atoms with Gasteiger partial charge in [-0.3, -0.25) is 4.79 Å². The first-order valence-corrected chi connectivity index (χ1v) is 6.23. The predicted molar refractivity (Wildman–Crippen MR) is 70.5 cm³/mol. The first-order chi connectivity index (χ1) is 8.63. The standard InChI is InChI=1S/C14H9BrO3/c1-8-2-4-10(17-8)7-13-14(16)11-6-9(15)3-5-12(11)18-13/h2-7H,1H3/b13-7-. The first kappa shape index (κ1) is 11.3. The molecule has 2 aromatic rings. The molecule has 1 aliphatic heterocycles. The Kier molecular flexibility index (Phi) is 2.59. The third-order valence-electron chi connectivity index (χ3n) is 2.66. The third-order valence-corrected chi connectivity index (χ3v) is 3.16. The molecule has 18 heavy (non-hydrogen) atoms. The number of benzene rings is 1. The highest BCUT2D eigenvalue weighted by Crippen LogP contribution is 2.33. The zero-order valence-electron chi connectivity index (χ0n) is 9.57. The van der Waals surface area contributed by atoms with Crippen LogP contribution in [0.2, 0.25) is 0 Å². The summed E-state index contributed by atoms with van der Waals surface area (Å²) in [6.45, 7) is 1.85. The maximum Gasteiger partial charge on any atom is 0.232 e. The average Bonchev–Trinajstić information content (AvgIpc) is 2.86. The number of allylic oxidation sites excluding steroid dienone is 1. The van der Waals surface area contributed by atoms with Crippen LogP contribution in [0.4, 0.5) is 0 Å². The summed E-state index contributed by atoms with van der Waals surface area (Å²) in [4.78, 5) is 12.1. The summed E-state index contributed by atoms with van der Waals surface area (Å²) in [5.74, 6) is 2.16. The summed E-state index contributed by atoms with van der Waals surface area (Å²) in [5.41, 5.74) is 0.568. The van der Waals surface area contributed by atoms with E-state index in [1.165, 1.54) is 0 Å². The van der Waals surface area contributed by atoms with Crippen LogP contribution in [0.25, 0.3) is 6.08 Å². The van der Waals surface area contributed by atoms with E-state index in [2.05, 4.69) is 15.9 Å². The molecule has 3 rings (SSSR count). The zero-order valence-corrected chi connectivity index (χ0v) is 11.2. The van der Waals surface area contributed by atoms with Crippen molar-refractivity contribution < 1.29 is 13.9 Å². The number of furan rings is 1. The lowest BCUT2D eigenvalue weighted by atomic mass is 10.1. The lowest BCUT2D eigenvalue weighted by molar-refractivity contribution is 0.101. The highest BCUT2D eigenvalue weighted by atomic mass is 79.9. The van der Waals surface area contributed by atoms with E-state index in [0.29, 0.717) is 17.1 Å². The fourth-order valence-corrected chi connectivity index (χ4v) is 2.18. The number of ether oxygens (including phenoxy) is 1. The predicted octanol–water partition coefficient (Wildman–Crippen LogP) is 3.97. The highest BCUT2D eigenvalue weighted by molar-refractivity contribution is 9.10. The SMILES string of the molecule is Cc1ccc(/C=C2\Oc3ccc(Br)cc3C2=O)o1. The molecule has 0 fully saturated rings. The number of carbonyl (C=O) groups is 1. The van der Waals surface area contributed by atoms with Crippen molar-refractivity contribution in [3.63, 3.8) is 0 Å². The van der Waals surface area contributed by atoms with Crippen LogP contribution in [-0.4, -0.2) is 5.78 Å². The fourth-order valence-electron chi connectivity index (χ4n) is 1.82. The van der Waals surface area contributed by atoms with Crippen molar-refractivity contribution in [1.29, 1.82) is 0 Å². The molecular weight excluding hydrogens is 296 g/mol. The van der Waals surface area contributed by atoms with Crippen LogP contribution < -0.4 is 4.74 Å². The van der Waals surface area contributed by atoms with E-state index in [-0.39, 0.29) is 11.5 Å². The molecule has 1 aliphatic rings. The lowest BCUT2D eigenvalue weighted by Crippen LogP contribution is -1.97. The topological polar surface area (TPSA) is 39.4 Å². The van der Waals surface area contributed by atoms with Crippen LogP contribution in [0.5, 0.6) is 5.75 Å². The van der Waals surface area contributed by atoms with Gasteiger partial charge in [-0.1, -0.05) is 15.9 Å². The smallest absolute Gasteiger partial charge is 0.232 e. The Morgan fingerprint density at radius 3 is 2.78 bits per heavy atom. The van der Waals surface area contributed by atoms with E-state index in [1.54, 1.807) is 24.3 Å². The van der Waals surface area contributed by atoms with Gasteiger partial charge in [0, 0.05) is 10.5 Å². The maximum absolute atomic E-state index is 12.1. The molecule has 1 aromatic heterocycles. The van der Waals surface area contributed by atoms with Gasteiger partial charge >= 0.3 is 0 Å². The van der Waals surface area contributed by atoms with E-state index in [9.17, 15) is 4.79 Å². The molecule has 4 heteroatoms. The van der Waals surface area contributed by atoms with Crippen molar-refractivity contribution in [1.82, 2.24) is 0 Å². The number of halogens is 1. The largest absolute Gasteiger partial charge is 0.462 e. The molecule has 0 saturated carbocycles. The monoisotopic (exact) mass is 304 g/mol. The Balaban J connectivity index is 1.99. The van der Waals surface area contributed by atoms with Crippen LogP contribution >= 0.6 is 15.9 Å². The summed E-state index contributed by atoms with van der Waals surface area (Å²) >= 11 is 3.34. The Bertz CT molecular complexity index is 667. The second-order valence-corrected chi connectivity index (χ2v) is 4.94. The molecule has 2 heterocycles. The normalized spacial score (nSPS) is 15.9. The second kappa shape index (κ2) is 4.14. The van der Waals surface area contributed by atoms with Crippen LogP contribution in [0.15, 0.2) is 45.0 Å². The Hall–Kier alpha value is -1.81. The van der Waals surface area contributed by atoms with Crippen LogP contribution in [-0.2, 0) is 0 Å². The van der Waals surface area contributed by atoms with Gasteiger partial charge in [0.25, 0.3) is 0 Å². The minimum absolute atomic E-state index is 0.125. The van der Waals surface area contributed by atoms with Crippen molar-refractivity contribution in [2.75, 3.05) is 0 Å². The van der Waals surface area contributed by atoms with E-state index >= 15 is 0 Å². The minimum Gasteiger partial charge on any atom is -0.462 e. The molecule has 0 unspecified atom stereocenters. The number of fused-ring (bicyclic) bond motifs is 1. The van der Waals surface area contributed by atoms with Gasteiger partial charge in [-0.25, -0.2) is 0 Å². The first-order valence-electron chi connectivity index (χ1n) is 5.44. The van der Waals surface area contributed by atoms with Crippen molar-refractivity contribution in [3.05, 3.63) is 57.6 Å². The van der Waals surface area contributed by atoms with Crippen molar-refractivity contribution in [2.24, 2.45) is 0 Å². The molecule has 0 spiro atoms. The number of hydrogen-bond acceptors (Lipinski definition) is 3. The summed E-state index contributed by atoms with van der Waals surface area (Å²) in [6, 6.07) is 9.01. The number of hydrogen-bond donors (Lipinski definition) is 0. The second-order valence-electron chi connectivity index (χ2n) is 4.03. The number of ketones is 1. The van der Waals surface area contributed by atoms with Gasteiger partial charge in [0.1, 0.15) is 17.3 Å². The molecule has 0 bridgehead atoms. The zero-order chi connectivity index (χ0) is 12.7. The maximum atomic E-state index is 12.1. The Morgan fingerprint density at radius 1 is 1.22 bits per heavy atom. The van der Waals surface area contributed by atoms with Crippen LogP contribution in [0.3, 0.4) is 0 Å². The molecule has 0 N–H and O–H groups in total. The van der Waals surface area contributed by atoms with E-state index in [1.807, 2.05) is 19.1 Å². The summed E-state index contributed by atoms with van der Waals surface area (Å²) in [5, 5.41) is 0. The van der Waals surface area contributed by atoms with E-state index in [0.717, 1.165) is 10.2 Å². The van der Waals surface area contributed by atoms with E-state index in [4.69, 9.17) is 9.15 Å². The van der Waals surface area contributed by atoms with Gasteiger partial charge in [-0.2, -0.15) is 0 Å². The summed E-state index contributed by atoms with van der Waals surface area (Å²) < 4.78 is 11.8. The minimum atomic E-state index is -0.125. The van der Waals surface area contributed by atoms with Gasteiger partial charge in [0.2, 0.25) is 5.78 Å². The van der Waals surface area contributed by atoms with Gasteiger partial charge in [-0.05, 0) is 37.3 Å². The molecule has 90 valence electrons. The van der Waals surface area contributed by atoms with Crippen LogP contribution in [0, 0.1) is 6.92 Å². The van der Waals surface area contributed by atoms with E-state index < -0.39 is 0 Å². The number of Topliss-reactive ketones (excluding diaryl/α,β-unsaturated/α-hetero) is 1. The number of aryl methyl sites for hydroxylation is 1. The molecular formula is C14H9BrO3. The number of rotatable bonds is 1.